The highest BCUT2D eigenvalue weighted by Crippen LogP contribution is 2.18. The molecule has 0 spiro atoms. The summed E-state index contributed by atoms with van der Waals surface area (Å²) in [6.45, 7) is 0.661. The second-order valence-corrected chi connectivity index (χ2v) is 5.30. The van der Waals surface area contributed by atoms with Crippen LogP contribution in [0.25, 0.3) is 10.8 Å². The second kappa shape index (κ2) is 6.89. The monoisotopic (exact) mass is 294 g/mol. The molecule has 0 fully saturated rings. The van der Waals surface area contributed by atoms with E-state index in [9.17, 15) is 4.79 Å². The zero-order valence-electron chi connectivity index (χ0n) is 12.3. The number of carbonyl (C=O) groups excluding carboxylic acids is 1. The highest BCUT2D eigenvalue weighted by Gasteiger charge is 2.06. The molecular formula is C18H18N2O2. The Hall–Kier alpha value is -2.62. The van der Waals surface area contributed by atoms with Crippen LogP contribution in [0.2, 0.25) is 0 Å². The van der Waals surface area contributed by atoms with Crippen molar-refractivity contribution in [3.05, 3.63) is 66.1 Å². The highest BCUT2D eigenvalue weighted by molar-refractivity contribution is 5.90. The lowest BCUT2D eigenvalue weighted by Crippen LogP contribution is -2.26. The van der Waals surface area contributed by atoms with Gasteiger partial charge in [0.1, 0.15) is 6.26 Å². The third-order valence-corrected chi connectivity index (χ3v) is 3.68. The molecule has 22 heavy (non-hydrogen) atoms. The Balaban J connectivity index is 1.52. The average molecular weight is 294 g/mol. The number of nitrogens with zero attached hydrogens (tertiary/aromatic N) is 1. The van der Waals surface area contributed by atoms with Crippen molar-refractivity contribution in [1.29, 1.82) is 0 Å². The van der Waals surface area contributed by atoms with E-state index in [-0.39, 0.29) is 5.91 Å². The first-order valence-corrected chi connectivity index (χ1v) is 7.44. The lowest BCUT2D eigenvalue weighted by atomic mass is 10.0. The smallest absolute Gasteiger partial charge is 0.224 e. The first-order valence-electron chi connectivity index (χ1n) is 7.44. The lowest BCUT2D eigenvalue weighted by Gasteiger charge is -2.07. The van der Waals surface area contributed by atoms with Gasteiger partial charge < -0.3 is 9.84 Å². The molecule has 0 aliphatic carbocycles. The van der Waals surface area contributed by atoms with E-state index in [1.165, 1.54) is 5.39 Å². The quantitative estimate of drug-likeness (QED) is 0.711. The van der Waals surface area contributed by atoms with Gasteiger partial charge in [0, 0.05) is 12.1 Å². The number of rotatable bonds is 6. The van der Waals surface area contributed by atoms with Crippen LogP contribution in [-0.4, -0.2) is 17.6 Å². The fraction of sp³-hybridized carbons (Fsp3) is 0.222. The average Bonchev–Trinajstić information content (AvgIpc) is 3.05. The lowest BCUT2D eigenvalue weighted by molar-refractivity contribution is -0.120. The van der Waals surface area contributed by atoms with Crippen molar-refractivity contribution in [3.8, 4) is 0 Å². The Morgan fingerprint density at radius 1 is 1.14 bits per heavy atom. The predicted molar refractivity (Wildman–Crippen MR) is 85.5 cm³/mol. The molecule has 2 aromatic carbocycles. The number of amides is 1. The topological polar surface area (TPSA) is 55.1 Å². The van der Waals surface area contributed by atoms with E-state index in [1.54, 1.807) is 12.5 Å². The molecule has 3 aromatic rings. The van der Waals surface area contributed by atoms with Gasteiger partial charge in [-0.15, -0.1) is 0 Å². The number of nitrogens with one attached hydrogen (secondary N) is 1. The molecule has 0 aliphatic rings. The summed E-state index contributed by atoms with van der Waals surface area (Å²) >= 11 is 0. The predicted octanol–water partition coefficient (Wildman–Crippen LogP) is 3.12. The van der Waals surface area contributed by atoms with Crippen molar-refractivity contribution >= 4 is 16.7 Å². The molecule has 4 heteroatoms. The van der Waals surface area contributed by atoms with E-state index >= 15 is 0 Å². The fourth-order valence-corrected chi connectivity index (χ4v) is 2.55. The van der Waals surface area contributed by atoms with E-state index in [0.717, 1.165) is 29.4 Å². The number of benzene rings is 2. The second-order valence-electron chi connectivity index (χ2n) is 5.30. The van der Waals surface area contributed by atoms with Gasteiger partial charge in [0.2, 0.25) is 5.91 Å². The third kappa shape index (κ3) is 3.52. The van der Waals surface area contributed by atoms with Crippen LogP contribution in [0, 0.1) is 0 Å². The Labute approximate surface area is 129 Å². The van der Waals surface area contributed by atoms with Crippen molar-refractivity contribution in [2.45, 2.75) is 19.3 Å². The molecule has 0 atom stereocenters. The zero-order valence-corrected chi connectivity index (χ0v) is 12.3. The number of hydrogen-bond acceptors (Lipinski definition) is 3. The normalized spacial score (nSPS) is 10.7. The minimum Gasteiger partial charge on any atom is -0.364 e. The van der Waals surface area contributed by atoms with Crippen molar-refractivity contribution in [2.75, 3.05) is 6.54 Å². The Morgan fingerprint density at radius 3 is 2.86 bits per heavy atom. The molecule has 0 radical (unpaired) electrons. The molecule has 1 aromatic heterocycles. The molecule has 3 rings (SSSR count). The van der Waals surface area contributed by atoms with Crippen LogP contribution in [0.3, 0.4) is 0 Å². The molecule has 0 bridgehead atoms. The number of fused-ring (bicyclic) bond motifs is 1. The molecular weight excluding hydrogens is 276 g/mol. The third-order valence-electron chi connectivity index (χ3n) is 3.68. The summed E-state index contributed by atoms with van der Waals surface area (Å²) in [5, 5.41) is 8.94. The Morgan fingerprint density at radius 2 is 2.00 bits per heavy atom. The van der Waals surface area contributed by atoms with Crippen LogP contribution in [0.4, 0.5) is 0 Å². The summed E-state index contributed by atoms with van der Waals surface area (Å²) in [4.78, 5) is 12.1. The summed E-state index contributed by atoms with van der Waals surface area (Å²) < 4.78 is 4.78. The number of carbonyl (C=O) groups is 1. The van der Waals surface area contributed by atoms with E-state index in [1.807, 2.05) is 24.3 Å². The van der Waals surface area contributed by atoms with E-state index in [4.69, 9.17) is 4.52 Å². The van der Waals surface area contributed by atoms with Crippen molar-refractivity contribution < 1.29 is 9.32 Å². The number of hydrogen-bond donors (Lipinski definition) is 1. The summed E-state index contributed by atoms with van der Waals surface area (Å²) in [5.41, 5.74) is 2.12. The minimum absolute atomic E-state index is 0.0571. The van der Waals surface area contributed by atoms with Gasteiger partial charge in [-0.25, -0.2) is 0 Å². The van der Waals surface area contributed by atoms with E-state index in [0.29, 0.717) is 13.0 Å². The van der Waals surface area contributed by atoms with Crippen molar-refractivity contribution in [3.63, 3.8) is 0 Å². The van der Waals surface area contributed by atoms with Crippen molar-refractivity contribution in [1.82, 2.24) is 10.5 Å². The molecule has 1 N–H and O–H groups in total. The van der Waals surface area contributed by atoms with Crippen LogP contribution in [0.5, 0.6) is 0 Å². The van der Waals surface area contributed by atoms with Crippen LogP contribution in [0.15, 0.2) is 59.4 Å². The number of aryl methyl sites for hydroxylation is 1. The first kappa shape index (κ1) is 14.3. The van der Waals surface area contributed by atoms with E-state index in [2.05, 4.69) is 28.7 Å². The van der Waals surface area contributed by atoms with Gasteiger partial charge in [0.25, 0.3) is 0 Å². The molecule has 0 saturated carbocycles. The van der Waals surface area contributed by atoms with Gasteiger partial charge in [-0.2, -0.15) is 0 Å². The molecule has 1 heterocycles. The standard InChI is InChI=1S/C18H18N2O2/c21-18(19-10-4-5-14-12-20-22-13-14)11-16-8-3-7-15-6-1-2-9-17(15)16/h1-3,6-9,12-13H,4-5,10-11H2,(H,19,21). The summed E-state index contributed by atoms with van der Waals surface area (Å²) in [6.07, 6.45) is 5.49. The SMILES string of the molecule is O=C(Cc1cccc2ccccc12)NCCCc1cnoc1. The molecule has 112 valence electrons. The Kier molecular flexibility index (Phi) is 4.49. The first-order chi connectivity index (χ1) is 10.8. The van der Waals surface area contributed by atoms with Crippen LogP contribution >= 0.6 is 0 Å². The fourth-order valence-electron chi connectivity index (χ4n) is 2.55. The van der Waals surface area contributed by atoms with Gasteiger partial charge in [0.15, 0.2) is 0 Å². The molecule has 0 aliphatic heterocycles. The van der Waals surface area contributed by atoms with Gasteiger partial charge >= 0.3 is 0 Å². The summed E-state index contributed by atoms with van der Waals surface area (Å²) in [7, 11) is 0. The summed E-state index contributed by atoms with van der Waals surface area (Å²) in [5.74, 6) is 0.0571. The van der Waals surface area contributed by atoms with Gasteiger partial charge in [-0.05, 0) is 29.2 Å². The molecule has 0 unspecified atom stereocenters. The minimum atomic E-state index is 0.0571. The molecule has 0 saturated heterocycles. The number of aromatic nitrogens is 1. The van der Waals surface area contributed by atoms with Gasteiger partial charge in [-0.3, -0.25) is 4.79 Å². The Bertz CT molecular complexity index is 745. The van der Waals surface area contributed by atoms with Gasteiger partial charge in [0.05, 0.1) is 12.6 Å². The van der Waals surface area contributed by atoms with Gasteiger partial charge in [-0.1, -0.05) is 47.6 Å². The van der Waals surface area contributed by atoms with Crippen LogP contribution in [0.1, 0.15) is 17.5 Å². The van der Waals surface area contributed by atoms with Crippen molar-refractivity contribution in [2.24, 2.45) is 0 Å². The summed E-state index contributed by atoms with van der Waals surface area (Å²) in [6, 6.07) is 14.2. The van der Waals surface area contributed by atoms with E-state index < -0.39 is 0 Å². The van der Waals surface area contributed by atoms with Crippen LogP contribution in [-0.2, 0) is 17.6 Å². The highest BCUT2D eigenvalue weighted by atomic mass is 16.5. The maximum atomic E-state index is 12.1. The largest absolute Gasteiger partial charge is 0.364 e. The zero-order chi connectivity index (χ0) is 15.2. The molecule has 4 nitrogen and oxygen atoms in total. The molecule has 1 amide bonds. The van der Waals surface area contributed by atoms with Crippen LogP contribution < -0.4 is 5.32 Å². The maximum absolute atomic E-state index is 12.1. The maximum Gasteiger partial charge on any atom is 0.224 e.